The van der Waals surface area contributed by atoms with Crippen molar-refractivity contribution in [3.05, 3.63) is 29.8 Å². The van der Waals surface area contributed by atoms with Gasteiger partial charge in [0, 0.05) is 18.8 Å². The van der Waals surface area contributed by atoms with Gasteiger partial charge in [-0.1, -0.05) is 12.1 Å². The Hall–Kier alpha value is -1.72. The molecule has 1 aromatic rings. The second-order valence-corrected chi connectivity index (χ2v) is 4.64. The maximum absolute atomic E-state index is 12.9. The predicted octanol–water partition coefficient (Wildman–Crippen LogP) is 3.01. The number of anilines is 1. The van der Waals surface area contributed by atoms with Gasteiger partial charge in [-0.15, -0.1) is 0 Å². The lowest BCUT2D eigenvalue weighted by atomic mass is 9.97. The number of hydrogen-bond donors (Lipinski definition) is 1. The molecule has 1 unspecified atom stereocenters. The van der Waals surface area contributed by atoms with Crippen molar-refractivity contribution in [2.45, 2.75) is 19.0 Å². The van der Waals surface area contributed by atoms with Crippen molar-refractivity contribution < 1.29 is 23.1 Å². The molecule has 3 nitrogen and oxygen atoms in total. The van der Waals surface area contributed by atoms with E-state index in [1.165, 1.54) is 23.1 Å². The average molecular weight is 273 g/mol. The number of carbonyl (C=O) groups is 1. The highest BCUT2D eigenvalue weighted by Crippen LogP contribution is 2.37. The molecule has 0 aromatic heterocycles. The number of aliphatic carboxylic acids is 1. The highest BCUT2D eigenvalue weighted by molar-refractivity contribution is 5.71. The summed E-state index contributed by atoms with van der Waals surface area (Å²) in [5.41, 5.74) is -0.637. The zero-order valence-corrected chi connectivity index (χ0v) is 10.2. The molecule has 1 fully saturated rings. The van der Waals surface area contributed by atoms with Crippen LogP contribution < -0.4 is 4.90 Å². The number of nitrogens with zero attached hydrogens (tertiary/aromatic N) is 1. The van der Waals surface area contributed by atoms with Gasteiger partial charge in [0.2, 0.25) is 0 Å². The molecule has 1 aliphatic rings. The van der Waals surface area contributed by atoms with Gasteiger partial charge in [0.15, 0.2) is 0 Å². The normalized spacial score (nSPS) is 20.4. The molecule has 0 bridgehead atoms. The fourth-order valence-electron chi connectivity index (χ4n) is 2.39. The third kappa shape index (κ3) is 3.00. The van der Waals surface area contributed by atoms with E-state index >= 15 is 0 Å². The third-order valence-electron chi connectivity index (χ3n) is 3.32. The Morgan fingerprint density at radius 2 is 2.00 bits per heavy atom. The summed E-state index contributed by atoms with van der Waals surface area (Å²) < 4.78 is 38.7. The number of piperidine rings is 1. The van der Waals surface area contributed by atoms with Crippen LogP contribution >= 0.6 is 0 Å². The molecule has 1 heterocycles. The van der Waals surface area contributed by atoms with Gasteiger partial charge in [0.1, 0.15) is 0 Å². The molecule has 1 N–H and O–H groups in total. The van der Waals surface area contributed by atoms with Crippen LogP contribution in [0.15, 0.2) is 24.3 Å². The number of carboxylic acids is 1. The van der Waals surface area contributed by atoms with E-state index in [1.807, 2.05) is 0 Å². The second kappa shape index (κ2) is 5.11. The van der Waals surface area contributed by atoms with Crippen LogP contribution in [0.5, 0.6) is 0 Å². The van der Waals surface area contributed by atoms with E-state index < -0.39 is 23.6 Å². The van der Waals surface area contributed by atoms with Crippen LogP contribution in [-0.2, 0) is 11.0 Å². The molecule has 0 spiro atoms. The zero-order valence-electron chi connectivity index (χ0n) is 10.2. The Morgan fingerprint density at radius 1 is 1.32 bits per heavy atom. The van der Waals surface area contributed by atoms with Gasteiger partial charge < -0.3 is 10.0 Å². The Kier molecular flexibility index (Phi) is 3.68. The topological polar surface area (TPSA) is 40.5 Å². The van der Waals surface area contributed by atoms with Crippen molar-refractivity contribution in [1.82, 2.24) is 0 Å². The summed E-state index contributed by atoms with van der Waals surface area (Å²) in [7, 11) is 0. The Labute approximate surface area is 108 Å². The molecule has 6 heteroatoms. The molecule has 1 atom stereocenters. The van der Waals surface area contributed by atoms with Crippen LogP contribution in [0.3, 0.4) is 0 Å². The Morgan fingerprint density at radius 3 is 2.63 bits per heavy atom. The highest BCUT2D eigenvalue weighted by Gasteiger charge is 2.36. The minimum absolute atomic E-state index is 0.0703. The smallest absolute Gasteiger partial charge is 0.418 e. The second-order valence-electron chi connectivity index (χ2n) is 4.64. The van der Waals surface area contributed by atoms with Gasteiger partial charge in [0.25, 0.3) is 0 Å². The van der Waals surface area contributed by atoms with E-state index in [-0.39, 0.29) is 12.2 Å². The number of halogens is 3. The van der Waals surface area contributed by atoms with E-state index in [9.17, 15) is 18.0 Å². The predicted molar refractivity (Wildman–Crippen MR) is 64.0 cm³/mol. The van der Waals surface area contributed by atoms with E-state index in [0.29, 0.717) is 19.4 Å². The number of alkyl halides is 3. The van der Waals surface area contributed by atoms with Crippen molar-refractivity contribution in [2.75, 3.05) is 18.0 Å². The van der Waals surface area contributed by atoms with Gasteiger partial charge in [-0.25, -0.2) is 0 Å². The van der Waals surface area contributed by atoms with E-state index in [4.69, 9.17) is 5.11 Å². The first-order valence-electron chi connectivity index (χ1n) is 6.03. The number of carboxylic acid groups (broad SMARTS) is 1. The summed E-state index contributed by atoms with van der Waals surface area (Å²) in [5, 5.41) is 8.98. The minimum Gasteiger partial charge on any atom is -0.481 e. The van der Waals surface area contributed by atoms with Gasteiger partial charge in [-0.2, -0.15) is 13.2 Å². The lowest BCUT2D eigenvalue weighted by molar-refractivity contribution is -0.141. The molecule has 0 radical (unpaired) electrons. The van der Waals surface area contributed by atoms with Crippen molar-refractivity contribution in [2.24, 2.45) is 5.92 Å². The molecule has 0 amide bonds. The minimum atomic E-state index is -4.42. The van der Waals surface area contributed by atoms with Gasteiger partial charge >= 0.3 is 12.1 Å². The lowest BCUT2D eigenvalue weighted by Gasteiger charge is -2.34. The maximum Gasteiger partial charge on any atom is 0.418 e. The molecule has 1 saturated heterocycles. The van der Waals surface area contributed by atoms with Crippen LogP contribution in [0.2, 0.25) is 0 Å². The molecule has 2 rings (SSSR count). The lowest BCUT2D eigenvalue weighted by Crippen LogP contribution is -2.39. The first-order valence-corrected chi connectivity index (χ1v) is 6.03. The summed E-state index contributed by atoms with van der Waals surface area (Å²) in [6.45, 7) is 0.583. The molecule has 19 heavy (non-hydrogen) atoms. The summed E-state index contributed by atoms with van der Waals surface area (Å²) in [4.78, 5) is 12.5. The molecule has 0 saturated carbocycles. The summed E-state index contributed by atoms with van der Waals surface area (Å²) in [5.74, 6) is -1.55. The SMILES string of the molecule is O=C(O)C1CCCN(c2ccccc2C(F)(F)F)C1. The van der Waals surface area contributed by atoms with Gasteiger partial charge in [-0.3, -0.25) is 4.79 Å². The summed E-state index contributed by atoms with van der Waals surface area (Å²) in [6, 6.07) is 5.30. The fourth-order valence-corrected chi connectivity index (χ4v) is 2.39. The van der Waals surface area contributed by atoms with E-state index in [1.54, 1.807) is 0 Å². The Balaban J connectivity index is 2.29. The summed E-state index contributed by atoms with van der Waals surface area (Å²) in [6.07, 6.45) is -3.32. The van der Waals surface area contributed by atoms with E-state index in [0.717, 1.165) is 6.07 Å². The van der Waals surface area contributed by atoms with Crippen LogP contribution in [0.4, 0.5) is 18.9 Å². The number of para-hydroxylation sites is 1. The van der Waals surface area contributed by atoms with Gasteiger partial charge in [0.05, 0.1) is 11.5 Å². The zero-order chi connectivity index (χ0) is 14.0. The van der Waals surface area contributed by atoms with Gasteiger partial charge in [-0.05, 0) is 25.0 Å². The molecule has 1 aliphatic heterocycles. The standard InChI is InChI=1S/C13H14F3NO2/c14-13(15,16)10-5-1-2-6-11(10)17-7-3-4-9(8-17)12(18)19/h1-2,5-6,9H,3-4,7-8H2,(H,18,19). The molecular formula is C13H14F3NO2. The number of benzene rings is 1. The molecule has 104 valence electrons. The third-order valence-corrected chi connectivity index (χ3v) is 3.32. The first kappa shape index (κ1) is 13.7. The van der Waals surface area contributed by atoms with Crippen LogP contribution in [0.25, 0.3) is 0 Å². The number of rotatable bonds is 2. The molecule has 0 aliphatic carbocycles. The maximum atomic E-state index is 12.9. The monoisotopic (exact) mass is 273 g/mol. The molecular weight excluding hydrogens is 259 g/mol. The first-order chi connectivity index (χ1) is 8.89. The van der Waals surface area contributed by atoms with Crippen molar-refractivity contribution >= 4 is 11.7 Å². The van der Waals surface area contributed by atoms with Crippen LogP contribution in [-0.4, -0.2) is 24.2 Å². The van der Waals surface area contributed by atoms with Crippen molar-refractivity contribution in [3.63, 3.8) is 0 Å². The van der Waals surface area contributed by atoms with Crippen molar-refractivity contribution in [1.29, 1.82) is 0 Å². The highest BCUT2D eigenvalue weighted by atomic mass is 19.4. The molecule has 1 aromatic carbocycles. The number of hydrogen-bond acceptors (Lipinski definition) is 2. The Bertz CT molecular complexity index is 473. The van der Waals surface area contributed by atoms with E-state index in [2.05, 4.69) is 0 Å². The largest absolute Gasteiger partial charge is 0.481 e. The van der Waals surface area contributed by atoms with Crippen LogP contribution in [0.1, 0.15) is 18.4 Å². The van der Waals surface area contributed by atoms with Crippen LogP contribution in [0, 0.1) is 5.92 Å². The van der Waals surface area contributed by atoms with Crippen molar-refractivity contribution in [3.8, 4) is 0 Å². The quantitative estimate of drug-likeness (QED) is 0.900. The summed E-state index contributed by atoms with van der Waals surface area (Å²) >= 11 is 0. The fraction of sp³-hybridized carbons (Fsp3) is 0.462. The average Bonchev–Trinajstić information content (AvgIpc) is 2.38.